The van der Waals surface area contributed by atoms with E-state index in [4.69, 9.17) is 9.47 Å². The van der Waals surface area contributed by atoms with E-state index in [1.54, 1.807) is 21.0 Å². The first-order chi connectivity index (χ1) is 13.9. The number of hydrogen-bond acceptors (Lipinski definition) is 3. The molecular weight excluding hydrogens is 360 g/mol. The van der Waals surface area contributed by atoms with Gasteiger partial charge in [0.15, 0.2) is 5.60 Å². The van der Waals surface area contributed by atoms with Gasteiger partial charge in [0.05, 0.1) is 0 Å². The summed E-state index contributed by atoms with van der Waals surface area (Å²) in [5.41, 5.74) is -0.405. The van der Waals surface area contributed by atoms with Crippen molar-refractivity contribution in [3.05, 3.63) is 90.0 Å². The highest BCUT2D eigenvalue weighted by atomic mass is 16.6. The van der Waals surface area contributed by atoms with Crippen LogP contribution in [0, 0.1) is 17.3 Å². The van der Waals surface area contributed by atoms with Crippen molar-refractivity contribution >= 4 is 22.5 Å². The van der Waals surface area contributed by atoms with Crippen LogP contribution in [0.15, 0.2) is 78.9 Å². The van der Waals surface area contributed by atoms with Crippen molar-refractivity contribution in [2.75, 3.05) is 7.11 Å². The maximum Gasteiger partial charge on any atom is 0.321 e. The Labute approximate surface area is 171 Å². The number of methoxy groups -OCH3 is 1. The van der Waals surface area contributed by atoms with E-state index >= 15 is 0 Å². The summed E-state index contributed by atoms with van der Waals surface area (Å²) < 4.78 is 11.5. The molecule has 4 rings (SSSR count). The summed E-state index contributed by atoms with van der Waals surface area (Å²) in [6.07, 6.45) is 1.82. The van der Waals surface area contributed by atoms with Crippen LogP contribution in [0.1, 0.15) is 25.0 Å². The molecule has 1 heterocycles. The minimum absolute atomic E-state index is 0.367. The molecule has 3 nitrogen and oxygen atoms in total. The number of ether oxygens (including phenoxy) is 2. The van der Waals surface area contributed by atoms with E-state index in [9.17, 15) is 4.79 Å². The molecule has 1 aliphatic heterocycles. The fraction of sp³-hybridized carbons (Fsp3) is 0.192. The van der Waals surface area contributed by atoms with Crippen molar-refractivity contribution in [1.29, 1.82) is 0 Å². The molecule has 3 aromatic rings. The Morgan fingerprint density at radius 3 is 2.31 bits per heavy atom. The van der Waals surface area contributed by atoms with Gasteiger partial charge >= 0.3 is 5.97 Å². The van der Waals surface area contributed by atoms with Gasteiger partial charge in [-0.25, -0.2) is 0 Å². The summed E-state index contributed by atoms with van der Waals surface area (Å²) in [5, 5.41) is 2.28. The topological polar surface area (TPSA) is 35.5 Å². The fourth-order valence-electron chi connectivity index (χ4n) is 3.51. The zero-order valence-electron chi connectivity index (χ0n) is 16.7. The largest absolute Gasteiger partial charge is 0.426 e. The smallest absolute Gasteiger partial charge is 0.321 e. The minimum atomic E-state index is -1.11. The van der Waals surface area contributed by atoms with Crippen LogP contribution in [0.25, 0.3) is 16.5 Å². The van der Waals surface area contributed by atoms with Crippen LogP contribution in [-0.2, 0) is 14.3 Å². The summed E-state index contributed by atoms with van der Waals surface area (Å²) >= 11 is 0. The number of carbonyl (C=O) groups is 1. The lowest BCUT2D eigenvalue weighted by molar-refractivity contribution is -0.159. The van der Waals surface area contributed by atoms with Gasteiger partial charge < -0.3 is 9.47 Å². The van der Waals surface area contributed by atoms with Gasteiger partial charge in [-0.05, 0) is 36.8 Å². The Morgan fingerprint density at radius 2 is 1.59 bits per heavy atom. The van der Waals surface area contributed by atoms with Crippen LogP contribution >= 0.6 is 0 Å². The molecule has 0 radical (unpaired) electrons. The third kappa shape index (κ3) is 3.33. The Morgan fingerprint density at radius 1 is 0.897 bits per heavy atom. The van der Waals surface area contributed by atoms with E-state index < -0.39 is 11.0 Å². The van der Waals surface area contributed by atoms with Gasteiger partial charge in [-0.15, -0.1) is 0 Å². The first-order valence-corrected chi connectivity index (χ1v) is 9.53. The van der Waals surface area contributed by atoms with Crippen LogP contribution in [0.4, 0.5) is 0 Å². The highest BCUT2D eigenvalue weighted by molar-refractivity contribution is 5.89. The van der Waals surface area contributed by atoms with Gasteiger partial charge in [0, 0.05) is 24.3 Å². The molecule has 1 atom stereocenters. The summed E-state index contributed by atoms with van der Waals surface area (Å²) in [5.74, 6) is 6.55. The van der Waals surface area contributed by atoms with E-state index in [1.165, 1.54) is 0 Å². The normalized spacial score (nSPS) is 20.4. The van der Waals surface area contributed by atoms with Crippen LogP contribution in [0.2, 0.25) is 0 Å². The lowest BCUT2D eigenvalue weighted by Gasteiger charge is -2.41. The summed E-state index contributed by atoms with van der Waals surface area (Å²) in [7, 11) is 1.58. The highest BCUT2D eigenvalue weighted by Crippen LogP contribution is 2.43. The Balaban J connectivity index is 1.82. The summed E-state index contributed by atoms with van der Waals surface area (Å²) in [6.45, 7) is 3.60. The maximum absolute atomic E-state index is 12.8. The van der Waals surface area contributed by atoms with Crippen molar-refractivity contribution in [2.24, 2.45) is 5.41 Å². The molecular formula is C26H22O3. The molecule has 29 heavy (non-hydrogen) atoms. The molecule has 144 valence electrons. The quantitative estimate of drug-likeness (QED) is 0.451. The third-order valence-corrected chi connectivity index (χ3v) is 5.50. The monoisotopic (exact) mass is 382 g/mol. The summed E-state index contributed by atoms with van der Waals surface area (Å²) in [4.78, 5) is 12.8. The number of carbonyl (C=O) groups excluding carboxylic acids is 1. The summed E-state index contributed by atoms with van der Waals surface area (Å²) in [6, 6.07) is 23.7. The molecule has 0 saturated heterocycles. The van der Waals surface area contributed by atoms with Crippen molar-refractivity contribution in [2.45, 2.75) is 19.4 Å². The van der Waals surface area contributed by atoms with Crippen molar-refractivity contribution in [3.8, 4) is 11.8 Å². The first kappa shape index (κ1) is 19.0. The number of cyclic esters (lactones) is 1. The maximum atomic E-state index is 12.8. The lowest BCUT2D eigenvalue weighted by atomic mass is 9.72. The molecule has 1 aliphatic rings. The number of rotatable bonds is 2. The van der Waals surface area contributed by atoms with E-state index in [1.807, 2.05) is 66.7 Å². The molecule has 0 N–H and O–H groups in total. The predicted octanol–water partition coefficient (Wildman–Crippen LogP) is 5.20. The van der Waals surface area contributed by atoms with Gasteiger partial charge in [0.25, 0.3) is 0 Å². The standard InChI is InChI=1S/C26H22O3/c1-25(2)24(27)29-23(21-10-5-4-6-11-21)18-26(25,28-3)16-15-19-13-14-20-9-7-8-12-22(20)17-19/h4-14,17-18H,1-3H3. The Hall–Kier alpha value is -3.35. The predicted molar refractivity (Wildman–Crippen MR) is 115 cm³/mol. The van der Waals surface area contributed by atoms with E-state index in [0.717, 1.165) is 21.9 Å². The number of fused-ring (bicyclic) bond motifs is 1. The second kappa shape index (κ2) is 7.24. The van der Waals surface area contributed by atoms with Crippen molar-refractivity contribution in [3.63, 3.8) is 0 Å². The van der Waals surface area contributed by atoms with E-state index in [-0.39, 0.29) is 5.97 Å². The van der Waals surface area contributed by atoms with Crippen molar-refractivity contribution < 1.29 is 14.3 Å². The Bertz CT molecular complexity index is 1160. The van der Waals surface area contributed by atoms with Gasteiger partial charge in [-0.1, -0.05) is 72.5 Å². The molecule has 0 bridgehead atoms. The minimum Gasteiger partial charge on any atom is -0.426 e. The van der Waals surface area contributed by atoms with E-state index in [0.29, 0.717) is 5.76 Å². The number of esters is 1. The molecule has 1 unspecified atom stereocenters. The van der Waals surface area contributed by atoms with Gasteiger partial charge in [-0.2, -0.15) is 0 Å². The van der Waals surface area contributed by atoms with Crippen LogP contribution in [0.5, 0.6) is 0 Å². The molecule has 0 amide bonds. The van der Waals surface area contributed by atoms with E-state index in [2.05, 4.69) is 24.0 Å². The molecule has 0 saturated carbocycles. The fourth-order valence-corrected chi connectivity index (χ4v) is 3.51. The highest BCUT2D eigenvalue weighted by Gasteiger charge is 2.53. The lowest BCUT2D eigenvalue weighted by Crippen LogP contribution is -2.52. The van der Waals surface area contributed by atoms with Crippen LogP contribution in [-0.4, -0.2) is 18.7 Å². The second-order valence-corrected chi connectivity index (χ2v) is 7.64. The zero-order chi connectivity index (χ0) is 20.5. The molecule has 0 fully saturated rings. The van der Waals surface area contributed by atoms with Crippen LogP contribution < -0.4 is 0 Å². The molecule has 0 aromatic heterocycles. The van der Waals surface area contributed by atoms with Crippen LogP contribution in [0.3, 0.4) is 0 Å². The zero-order valence-corrected chi connectivity index (χ0v) is 16.7. The van der Waals surface area contributed by atoms with Gasteiger partial charge in [0.1, 0.15) is 11.2 Å². The first-order valence-electron chi connectivity index (χ1n) is 9.53. The second-order valence-electron chi connectivity index (χ2n) is 7.64. The average molecular weight is 382 g/mol. The van der Waals surface area contributed by atoms with Crippen molar-refractivity contribution in [1.82, 2.24) is 0 Å². The molecule has 0 spiro atoms. The third-order valence-electron chi connectivity index (χ3n) is 5.50. The van der Waals surface area contributed by atoms with Gasteiger partial charge in [0.2, 0.25) is 0 Å². The molecule has 0 aliphatic carbocycles. The average Bonchev–Trinajstić information content (AvgIpc) is 2.75. The molecule has 3 aromatic carbocycles. The molecule has 3 heteroatoms. The SMILES string of the molecule is COC1(C#Cc2ccc3ccccc3c2)C=C(c2ccccc2)OC(=O)C1(C)C. The van der Waals surface area contributed by atoms with Gasteiger partial charge in [-0.3, -0.25) is 4.79 Å². The number of benzene rings is 3. The number of hydrogen-bond donors (Lipinski definition) is 0. The Kier molecular flexibility index (Phi) is 4.74.